The molecule has 1 fully saturated rings. The molecule has 4 rings (SSSR count). The lowest BCUT2D eigenvalue weighted by molar-refractivity contribution is 0.477. The number of rotatable bonds is 7. The van der Waals surface area contributed by atoms with Crippen LogP contribution in [0.25, 0.3) is 11.4 Å². The number of thioether (sulfide) groups is 1. The highest BCUT2D eigenvalue weighted by Crippen LogP contribution is 2.30. The first-order valence-electron chi connectivity index (χ1n) is 9.90. The van der Waals surface area contributed by atoms with Crippen molar-refractivity contribution < 1.29 is 8.42 Å². The molecule has 2 aromatic carbocycles. The van der Waals surface area contributed by atoms with Gasteiger partial charge >= 0.3 is 0 Å². The SMILES string of the molecule is CCn1c(SCc2ccccc2Cl)nnc1-c1cccc(S(=O)(=O)N2CCCC2)c1. The lowest BCUT2D eigenvalue weighted by Gasteiger charge is -2.16. The Kier molecular flexibility index (Phi) is 6.48. The minimum atomic E-state index is -3.48. The zero-order valence-corrected chi connectivity index (χ0v) is 19.1. The Hall–Kier alpha value is -1.87. The standard InChI is InChI=1S/C21H23ClN4O2S2/c1-2-26-20(23-24-21(26)29-15-17-8-3-4-11-19(17)22)16-9-7-10-18(14-16)30(27,28)25-12-5-6-13-25/h3-4,7-11,14H,2,5-6,12-13,15H2,1H3. The highest BCUT2D eigenvalue weighted by atomic mass is 35.5. The summed E-state index contributed by atoms with van der Waals surface area (Å²) < 4.78 is 29.4. The lowest BCUT2D eigenvalue weighted by Crippen LogP contribution is -2.27. The summed E-state index contributed by atoms with van der Waals surface area (Å²) in [6, 6.07) is 14.7. The monoisotopic (exact) mass is 462 g/mol. The van der Waals surface area contributed by atoms with Crippen LogP contribution in [-0.2, 0) is 22.3 Å². The Labute approximate surface area is 186 Å². The largest absolute Gasteiger partial charge is 0.302 e. The predicted octanol–water partition coefficient (Wildman–Crippen LogP) is 4.70. The molecular weight excluding hydrogens is 440 g/mol. The molecule has 0 saturated carbocycles. The van der Waals surface area contributed by atoms with E-state index < -0.39 is 10.0 Å². The van der Waals surface area contributed by atoms with Crippen LogP contribution < -0.4 is 0 Å². The van der Waals surface area contributed by atoms with Crippen molar-refractivity contribution in [2.75, 3.05) is 13.1 Å². The summed E-state index contributed by atoms with van der Waals surface area (Å²) >= 11 is 7.83. The molecule has 30 heavy (non-hydrogen) atoms. The van der Waals surface area contributed by atoms with Crippen LogP contribution in [-0.4, -0.2) is 40.6 Å². The van der Waals surface area contributed by atoms with E-state index in [-0.39, 0.29) is 0 Å². The van der Waals surface area contributed by atoms with E-state index in [0.29, 0.717) is 36.1 Å². The molecule has 6 nitrogen and oxygen atoms in total. The highest BCUT2D eigenvalue weighted by molar-refractivity contribution is 7.98. The average Bonchev–Trinajstić information content (AvgIpc) is 3.43. The van der Waals surface area contributed by atoms with Crippen LogP contribution in [0.5, 0.6) is 0 Å². The van der Waals surface area contributed by atoms with E-state index >= 15 is 0 Å². The fourth-order valence-electron chi connectivity index (χ4n) is 3.53. The van der Waals surface area contributed by atoms with Gasteiger partial charge in [0.05, 0.1) is 4.90 Å². The maximum Gasteiger partial charge on any atom is 0.243 e. The van der Waals surface area contributed by atoms with Gasteiger partial charge in [-0.25, -0.2) is 8.42 Å². The Bertz CT molecular complexity index is 1140. The van der Waals surface area contributed by atoms with E-state index in [4.69, 9.17) is 11.6 Å². The quantitative estimate of drug-likeness (QED) is 0.476. The van der Waals surface area contributed by atoms with Crippen molar-refractivity contribution in [2.24, 2.45) is 0 Å². The topological polar surface area (TPSA) is 68.1 Å². The lowest BCUT2D eigenvalue weighted by atomic mass is 10.2. The number of hydrogen-bond acceptors (Lipinski definition) is 5. The molecule has 0 unspecified atom stereocenters. The summed E-state index contributed by atoms with van der Waals surface area (Å²) in [5.41, 5.74) is 1.78. The third-order valence-corrected chi connectivity index (χ3v) is 8.42. The number of sulfonamides is 1. The Morgan fingerprint density at radius 2 is 1.83 bits per heavy atom. The number of benzene rings is 2. The summed E-state index contributed by atoms with van der Waals surface area (Å²) in [4.78, 5) is 0.304. The molecule has 0 spiro atoms. The van der Waals surface area contributed by atoms with Crippen LogP contribution in [0.3, 0.4) is 0 Å². The van der Waals surface area contributed by atoms with Gasteiger partial charge in [0.15, 0.2) is 11.0 Å². The average molecular weight is 463 g/mol. The van der Waals surface area contributed by atoms with Crippen LogP contribution >= 0.6 is 23.4 Å². The van der Waals surface area contributed by atoms with Gasteiger partial charge in [-0.15, -0.1) is 10.2 Å². The second kappa shape index (κ2) is 9.09. The zero-order chi connectivity index (χ0) is 21.1. The molecule has 1 saturated heterocycles. The van der Waals surface area contributed by atoms with Gasteiger partial charge in [0.2, 0.25) is 10.0 Å². The minimum absolute atomic E-state index is 0.304. The molecule has 0 atom stereocenters. The van der Waals surface area contributed by atoms with Gasteiger partial charge in [0, 0.05) is 36.0 Å². The van der Waals surface area contributed by atoms with E-state index in [1.165, 1.54) is 0 Å². The molecule has 0 aliphatic carbocycles. The van der Waals surface area contributed by atoms with Gasteiger partial charge in [-0.05, 0) is 43.5 Å². The molecular formula is C21H23ClN4O2S2. The van der Waals surface area contributed by atoms with Crippen LogP contribution in [0.4, 0.5) is 0 Å². The van der Waals surface area contributed by atoms with Crippen molar-refractivity contribution in [1.29, 1.82) is 0 Å². The highest BCUT2D eigenvalue weighted by Gasteiger charge is 2.27. The van der Waals surface area contributed by atoms with E-state index in [1.54, 1.807) is 34.3 Å². The van der Waals surface area contributed by atoms with Crippen LogP contribution in [0.1, 0.15) is 25.3 Å². The number of halogens is 1. The molecule has 0 bridgehead atoms. The summed E-state index contributed by atoms with van der Waals surface area (Å²) in [6.07, 6.45) is 1.82. The first-order valence-corrected chi connectivity index (χ1v) is 12.7. The molecule has 0 N–H and O–H groups in total. The van der Waals surface area contributed by atoms with Crippen molar-refractivity contribution >= 4 is 33.4 Å². The molecule has 0 radical (unpaired) electrons. The maximum absolute atomic E-state index is 12.9. The molecule has 1 aliphatic rings. The fraction of sp³-hybridized carbons (Fsp3) is 0.333. The molecule has 3 aromatic rings. The predicted molar refractivity (Wildman–Crippen MR) is 120 cm³/mol. The molecule has 158 valence electrons. The summed E-state index contributed by atoms with van der Waals surface area (Å²) in [5.74, 6) is 1.35. The second-order valence-corrected chi connectivity index (χ2v) is 10.4. The van der Waals surface area contributed by atoms with Crippen molar-refractivity contribution in [2.45, 2.75) is 42.1 Å². The van der Waals surface area contributed by atoms with Crippen molar-refractivity contribution in [3.63, 3.8) is 0 Å². The summed E-state index contributed by atoms with van der Waals surface area (Å²) in [7, 11) is -3.48. The third-order valence-electron chi connectivity index (χ3n) is 5.14. The summed E-state index contributed by atoms with van der Waals surface area (Å²) in [6.45, 7) is 3.87. The van der Waals surface area contributed by atoms with Crippen LogP contribution in [0, 0.1) is 0 Å². The molecule has 0 amide bonds. The first-order chi connectivity index (χ1) is 14.5. The van der Waals surface area contributed by atoms with Gasteiger partial charge in [0.25, 0.3) is 0 Å². The van der Waals surface area contributed by atoms with E-state index in [0.717, 1.165) is 34.1 Å². The Balaban J connectivity index is 1.61. The van der Waals surface area contributed by atoms with Gasteiger partial charge < -0.3 is 4.57 Å². The molecule has 9 heteroatoms. The van der Waals surface area contributed by atoms with Crippen molar-refractivity contribution in [3.05, 3.63) is 59.1 Å². The van der Waals surface area contributed by atoms with Gasteiger partial charge in [-0.2, -0.15) is 4.31 Å². The number of aromatic nitrogens is 3. The molecule has 1 aromatic heterocycles. The maximum atomic E-state index is 12.9. The Morgan fingerprint density at radius 1 is 1.07 bits per heavy atom. The van der Waals surface area contributed by atoms with E-state index in [1.807, 2.05) is 41.8 Å². The van der Waals surface area contributed by atoms with Gasteiger partial charge in [-0.3, -0.25) is 0 Å². The Morgan fingerprint density at radius 3 is 2.57 bits per heavy atom. The molecule has 1 aliphatic heterocycles. The number of nitrogens with zero attached hydrogens (tertiary/aromatic N) is 4. The van der Waals surface area contributed by atoms with E-state index in [9.17, 15) is 8.42 Å². The smallest absolute Gasteiger partial charge is 0.243 e. The second-order valence-electron chi connectivity index (χ2n) is 7.07. The van der Waals surface area contributed by atoms with Gasteiger partial charge in [0.1, 0.15) is 0 Å². The van der Waals surface area contributed by atoms with Gasteiger partial charge in [-0.1, -0.05) is 53.7 Å². The molecule has 2 heterocycles. The van der Waals surface area contributed by atoms with Crippen molar-refractivity contribution in [3.8, 4) is 11.4 Å². The van der Waals surface area contributed by atoms with Crippen LogP contribution in [0.15, 0.2) is 58.6 Å². The van der Waals surface area contributed by atoms with Crippen LogP contribution in [0.2, 0.25) is 5.02 Å². The van der Waals surface area contributed by atoms with Crippen molar-refractivity contribution in [1.82, 2.24) is 19.1 Å². The number of hydrogen-bond donors (Lipinski definition) is 0. The summed E-state index contributed by atoms with van der Waals surface area (Å²) in [5, 5.41) is 10.2. The third kappa shape index (κ3) is 4.27. The minimum Gasteiger partial charge on any atom is -0.302 e. The normalized spacial score (nSPS) is 15.0. The zero-order valence-electron chi connectivity index (χ0n) is 16.7. The first kappa shape index (κ1) is 21.4. The van der Waals surface area contributed by atoms with E-state index in [2.05, 4.69) is 10.2 Å². The fourth-order valence-corrected chi connectivity index (χ4v) is 6.38.